The number of carbonyl (C=O) groups is 1. The number of β-amino-alcohol motifs (C(OH)–C–C–N with tert-alkyl or cyclic N) is 1. The number of nitrogens with zero attached hydrogens (tertiary/aromatic N) is 1. The van der Waals surface area contributed by atoms with Gasteiger partial charge in [0.1, 0.15) is 0 Å². The molecule has 1 rings (SSSR count). The first kappa shape index (κ1) is 11.8. The summed E-state index contributed by atoms with van der Waals surface area (Å²) in [6.07, 6.45) is 0.618. The Balaban J connectivity index is 2.04. The first-order chi connectivity index (χ1) is 6.74. The number of hydrogen-bond donors (Lipinski definition) is 2. The number of thioether (sulfide) groups is 1. The standard InChI is InChI=1S/C9H17NO3S/c11-3-1-4-14-5-2-10-7-8(12)6-9(10)13/h8,11-12H,1-7H2. The lowest BCUT2D eigenvalue weighted by Crippen LogP contribution is -2.28. The topological polar surface area (TPSA) is 60.8 Å². The molecule has 1 saturated heterocycles. The first-order valence-corrected chi connectivity index (χ1v) is 6.04. The Labute approximate surface area is 88.3 Å². The van der Waals surface area contributed by atoms with Crippen LogP contribution in [0.4, 0.5) is 0 Å². The smallest absolute Gasteiger partial charge is 0.225 e. The maximum Gasteiger partial charge on any atom is 0.225 e. The molecule has 5 heteroatoms. The molecule has 0 saturated carbocycles. The van der Waals surface area contributed by atoms with Crippen molar-refractivity contribution in [2.24, 2.45) is 0 Å². The van der Waals surface area contributed by atoms with E-state index in [0.717, 1.165) is 17.9 Å². The normalized spacial score (nSPS) is 22.0. The fraction of sp³-hybridized carbons (Fsp3) is 0.889. The van der Waals surface area contributed by atoms with E-state index in [1.807, 2.05) is 0 Å². The number of amides is 1. The zero-order chi connectivity index (χ0) is 10.4. The van der Waals surface area contributed by atoms with Crippen LogP contribution >= 0.6 is 11.8 Å². The molecule has 1 aliphatic rings. The second-order valence-electron chi connectivity index (χ2n) is 3.39. The van der Waals surface area contributed by atoms with Gasteiger partial charge in [-0.3, -0.25) is 4.79 Å². The maximum absolute atomic E-state index is 11.2. The van der Waals surface area contributed by atoms with E-state index in [-0.39, 0.29) is 18.9 Å². The summed E-state index contributed by atoms with van der Waals surface area (Å²) in [5, 5.41) is 17.8. The molecule has 1 aliphatic heterocycles. The van der Waals surface area contributed by atoms with Gasteiger partial charge < -0.3 is 15.1 Å². The molecule has 0 aromatic rings. The van der Waals surface area contributed by atoms with Crippen molar-refractivity contribution in [3.8, 4) is 0 Å². The van der Waals surface area contributed by atoms with Crippen LogP contribution in [-0.2, 0) is 4.79 Å². The molecule has 2 N–H and O–H groups in total. The quantitative estimate of drug-likeness (QED) is 0.602. The number of carbonyl (C=O) groups excluding carboxylic acids is 1. The second-order valence-corrected chi connectivity index (χ2v) is 4.61. The predicted octanol–water partition coefficient (Wildman–Crippen LogP) is -0.305. The molecule has 1 heterocycles. The molecule has 0 radical (unpaired) electrons. The Morgan fingerprint density at radius 2 is 2.29 bits per heavy atom. The highest BCUT2D eigenvalue weighted by Crippen LogP contribution is 2.12. The van der Waals surface area contributed by atoms with E-state index in [2.05, 4.69) is 0 Å². The third kappa shape index (κ3) is 3.86. The summed E-state index contributed by atoms with van der Waals surface area (Å²) in [7, 11) is 0. The van der Waals surface area contributed by atoms with E-state index in [9.17, 15) is 9.90 Å². The van der Waals surface area contributed by atoms with Gasteiger partial charge >= 0.3 is 0 Å². The van der Waals surface area contributed by atoms with Crippen LogP contribution in [0.2, 0.25) is 0 Å². The average Bonchev–Trinajstić information content (AvgIpc) is 2.45. The van der Waals surface area contributed by atoms with Crippen molar-refractivity contribution in [2.75, 3.05) is 31.2 Å². The third-order valence-electron chi connectivity index (χ3n) is 2.15. The Morgan fingerprint density at radius 3 is 2.86 bits per heavy atom. The zero-order valence-electron chi connectivity index (χ0n) is 8.19. The monoisotopic (exact) mass is 219 g/mol. The van der Waals surface area contributed by atoms with E-state index in [4.69, 9.17) is 5.11 Å². The van der Waals surface area contributed by atoms with Gasteiger partial charge in [0.05, 0.1) is 12.5 Å². The van der Waals surface area contributed by atoms with Gasteiger partial charge in [0.15, 0.2) is 0 Å². The van der Waals surface area contributed by atoms with Gasteiger partial charge in [0, 0.05) is 25.4 Å². The number of hydrogen-bond acceptors (Lipinski definition) is 4. The van der Waals surface area contributed by atoms with Crippen molar-refractivity contribution in [3.05, 3.63) is 0 Å². The van der Waals surface area contributed by atoms with E-state index < -0.39 is 6.10 Å². The summed E-state index contributed by atoms with van der Waals surface area (Å²) in [4.78, 5) is 12.9. The summed E-state index contributed by atoms with van der Waals surface area (Å²) in [5.74, 6) is 1.87. The van der Waals surface area contributed by atoms with Crippen LogP contribution in [0.15, 0.2) is 0 Å². The number of aliphatic hydroxyl groups excluding tert-OH is 2. The molecule has 0 bridgehead atoms. The van der Waals surface area contributed by atoms with Crippen molar-refractivity contribution >= 4 is 17.7 Å². The minimum absolute atomic E-state index is 0.0558. The average molecular weight is 219 g/mol. The minimum atomic E-state index is -0.468. The summed E-state index contributed by atoms with van der Waals surface area (Å²) in [6.45, 7) is 1.43. The summed E-state index contributed by atoms with van der Waals surface area (Å²) in [6, 6.07) is 0. The Bertz CT molecular complexity index is 189. The highest BCUT2D eigenvalue weighted by Gasteiger charge is 2.26. The van der Waals surface area contributed by atoms with Crippen LogP contribution in [0.3, 0.4) is 0 Å². The van der Waals surface area contributed by atoms with Crippen LogP contribution in [0.1, 0.15) is 12.8 Å². The van der Waals surface area contributed by atoms with Gasteiger partial charge in [-0.2, -0.15) is 11.8 Å². The molecule has 14 heavy (non-hydrogen) atoms. The summed E-state index contributed by atoms with van der Waals surface area (Å²) < 4.78 is 0. The lowest BCUT2D eigenvalue weighted by atomic mass is 10.3. The number of aliphatic hydroxyl groups is 2. The van der Waals surface area contributed by atoms with Gasteiger partial charge in [-0.25, -0.2) is 0 Å². The van der Waals surface area contributed by atoms with E-state index in [0.29, 0.717) is 13.1 Å². The van der Waals surface area contributed by atoms with Crippen molar-refractivity contribution in [1.82, 2.24) is 4.90 Å². The van der Waals surface area contributed by atoms with Crippen LogP contribution < -0.4 is 0 Å². The SMILES string of the molecule is O=C1CC(O)CN1CCSCCCO. The first-order valence-electron chi connectivity index (χ1n) is 4.88. The third-order valence-corrected chi connectivity index (χ3v) is 3.20. The summed E-state index contributed by atoms with van der Waals surface area (Å²) >= 11 is 1.73. The molecule has 0 aliphatic carbocycles. The van der Waals surface area contributed by atoms with Gasteiger partial charge in [-0.05, 0) is 12.2 Å². The molecule has 4 nitrogen and oxygen atoms in total. The maximum atomic E-state index is 11.2. The van der Waals surface area contributed by atoms with Crippen LogP contribution in [-0.4, -0.2) is 58.3 Å². The molecule has 1 amide bonds. The Hall–Kier alpha value is -0.260. The summed E-state index contributed by atoms with van der Waals surface area (Å²) in [5.41, 5.74) is 0. The zero-order valence-corrected chi connectivity index (χ0v) is 9.00. The van der Waals surface area contributed by atoms with Gasteiger partial charge in [-0.15, -0.1) is 0 Å². The molecule has 0 spiro atoms. The van der Waals surface area contributed by atoms with E-state index in [1.165, 1.54) is 0 Å². The molecular formula is C9H17NO3S. The molecule has 0 aromatic heterocycles. The van der Waals surface area contributed by atoms with Crippen LogP contribution in [0.25, 0.3) is 0 Å². The van der Waals surface area contributed by atoms with Crippen molar-refractivity contribution < 1.29 is 15.0 Å². The highest BCUT2D eigenvalue weighted by atomic mass is 32.2. The fourth-order valence-electron chi connectivity index (χ4n) is 1.41. The Kier molecular flexibility index (Phi) is 5.29. The molecule has 1 unspecified atom stereocenters. The number of likely N-dealkylation sites (tertiary alicyclic amines) is 1. The van der Waals surface area contributed by atoms with Crippen LogP contribution in [0.5, 0.6) is 0 Å². The van der Waals surface area contributed by atoms with Gasteiger partial charge in [-0.1, -0.05) is 0 Å². The second kappa shape index (κ2) is 6.27. The lowest BCUT2D eigenvalue weighted by molar-refractivity contribution is -0.127. The largest absolute Gasteiger partial charge is 0.396 e. The van der Waals surface area contributed by atoms with Crippen molar-refractivity contribution in [3.63, 3.8) is 0 Å². The molecule has 1 atom stereocenters. The predicted molar refractivity (Wildman–Crippen MR) is 56.2 cm³/mol. The van der Waals surface area contributed by atoms with E-state index in [1.54, 1.807) is 16.7 Å². The van der Waals surface area contributed by atoms with Crippen molar-refractivity contribution in [1.29, 1.82) is 0 Å². The van der Waals surface area contributed by atoms with Gasteiger partial charge in [0.25, 0.3) is 0 Å². The van der Waals surface area contributed by atoms with Crippen molar-refractivity contribution in [2.45, 2.75) is 18.9 Å². The molecule has 1 fully saturated rings. The Morgan fingerprint density at radius 1 is 1.50 bits per heavy atom. The lowest BCUT2D eigenvalue weighted by Gasteiger charge is -2.14. The molecule has 82 valence electrons. The fourth-order valence-corrected chi connectivity index (χ4v) is 2.30. The molecular weight excluding hydrogens is 202 g/mol. The highest BCUT2D eigenvalue weighted by molar-refractivity contribution is 7.99. The minimum Gasteiger partial charge on any atom is -0.396 e. The van der Waals surface area contributed by atoms with E-state index >= 15 is 0 Å². The van der Waals surface area contributed by atoms with Crippen LogP contribution in [0, 0.1) is 0 Å². The van der Waals surface area contributed by atoms with Gasteiger partial charge in [0.2, 0.25) is 5.91 Å². The molecule has 0 aromatic carbocycles. The number of rotatable bonds is 6.